The molecule has 7 nitrogen and oxygen atoms in total. The van der Waals surface area contributed by atoms with Gasteiger partial charge in [-0.1, -0.05) is 11.6 Å². The van der Waals surface area contributed by atoms with Crippen LogP contribution in [0.3, 0.4) is 0 Å². The average molecular weight is 520 g/mol. The van der Waals surface area contributed by atoms with Crippen molar-refractivity contribution in [3.05, 3.63) is 58.1 Å². The number of H-pyrrole nitrogens is 1. The molecule has 0 amide bonds. The van der Waals surface area contributed by atoms with Crippen LogP contribution in [-0.4, -0.2) is 51.9 Å². The number of benzene rings is 1. The third-order valence-corrected chi connectivity index (χ3v) is 5.54. The predicted octanol–water partition coefficient (Wildman–Crippen LogP) is 4.21. The summed E-state index contributed by atoms with van der Waals surface area (Å²) < 4.78 is 5.97. The number of aromatic amines is 1. The number of carbonyl (C=O) groups excluding carboxylic acids is 1. The molecule has 5 rings (SSSR count). The predicted molar refractivity (Wildman–Crippen MR) is 132 cm³/mol. The topological polar surface area (TPSA) is 90.5 Å². The van der Waals surface area contributed by atoms with Crippen LogP contribution in [0.15, 0.2) is 36.2 Å². The maximum atomic E-state index is 12.9. The molecule has 0 atom stereocenters. The molecule has 0 radical (unpaired) electrons. The Morgan fingerprint density at radius 3 is 2.66 bits per heavy atom. The number of aromatic nitrogens is 2. The van der Waals surface area contributed by atoms with Gasteiger partial charge in [-0.15, -0.1) is 37.2 Å². The summed E-state index contributed by atoms with van der Waals surface area (Å²) >= 11 is 5.94. The van der Waals surface area contributed by atoms with Gasteiger partial charge < -0.3 is 20.1 Å². The number of nitrogens with zero attached hydrogens (tertiary/aromatic N) is 2. The van der Waals surface area contributed by atoms with Crippen LogP contribution < -0.4 is 10.1 Å². The quantitative estimate of drug-likeness (QED) is 0.354. The van der Waals surface area contributed by atoms with Crippen molar-refractivity contribution in [1.29, 1.82) is 0 Å². The highest BCUT2D eigenvalue weighted by molar-refractivity contribution is 6.29. The zero-order chi connectivity index (χ0) is 20.0. The Kier molecular flexibility index (Phi) is 8.82. The highest BCUT2D eigenvalue weighted by Crippen LogP contribution is 2.40. The number of phenols is 1. The van der Waals surface area contributed by atoms with E-state index in [1.807, 2.05) is 6.07 Å². The van der Waals surface area contributed by atoms with Gasteiger partial charge in [0.25, 0.3) is 0 Å². The number of halogens is 4. The van der Waals surface area contributed by atoms with Crippen LogP contribution in [0, 0.1) is 0 Å². The number of fused-ring (bicyclic) bond motifs is 2. The lowest BCUT2D eigenvalue weighted by Gasteiger charge is -2.27. The number of pyridine rings is 1. The summed E-state index contributed by atoms with van der Waals surface area (Å²) in [6, 6.07) is 6.74. The highest BCUT2D eigenvalue weighted by atomic mass is 35.5. The highest BCUT2D eigenvalue weighted by Gasteiger charge is 2.32. The van der Waals surface area contributed by atoms with Gasteiger partial charge in [-0.2, -0.15) is 0 Å². The van der Waals surface area contributed by atoms with Crippen molar-refractivity contribution in [3.8, 4) is 11.5 Å². The molecule has 3 N–H and O–H groups in total. The number of piperazine rings is 1. The van der Waals surface area contributed by atoms with E-state index in [0.717, 1.165) is 37.1 Å². The van der Waals surface area contributed by atoms with Crippen LogP contribution in [0.5, 0.6) is 11.5 Å². The lowest BCUT2D eigenvalue weighted by Crippen LogP contribution is -2.42. The van der Waals surface area contributed by atoms with Crippen LogP contribution in [0.25, 0.3) is 17.1 Å². The van der Waals surface area contributed by atoms with Gasteiger partial charge in [0.2, 0.25) is 5.78 Å². The van der Waals surface area contributed by atoms with Gasteiger partial charge in [-0.3, -0.25) is 9.69 Å². The Labute approximate surface area is 208 Å². The number of carbonyl (C=O) groups is 1. The molecule has 32 heavy (non-hydrogen) atoms. The first-order valence-corrected chi connectivity index (χ1v) is 9.84. The van der Waals surface area contributed by atoms with Gasteiger partial charge in [0.1, 0.15) is 22.3 Å². The van der Waals surface area contributed by atoms with Crippen molar-refractivity contribution in [1.82, 2.24) is 20.2 Å². The summed E-state index contributed by atoms with van der Waals surface area (Å²) in [4.78, 5) is 22.4. The summed E-state index contributed by atoms with van der Waals surface area (Å²) in [5.41, 5.74) is 2.55. The fourth-order valence-electron chi connectivity index (χ4n) is 3.81. The van der Waals surface area contributed by atoms with Crippen molar-refractivity contribution in [2.75, 3.05) is 26.2 Å². The van der Waals surface area contributed by atoms with Crippen molar-refractivity contribution < 1.29 is 14.6 Å². The normalized spacial score (nSPS) is 16.7. The number of ether oxygens (including phenoxy) is 1. The minimum Gasteiger partial charge on any atom is -0.507 e. The third kappa shape index (κ3) is 4.83. The number of rotatable bonds is 3. The lowest BCUT2D eigenvalue weighted by molar-refractivity contribution is 0.101. The molecule has 0 aliphatic carbocycles. The fraction of sp³-hybridized carbons (Fsp3) is 0.238. The number of Topliss-reactive ketones (excluding diaryl/α,β-unsaturated/α-hetero) is 1. The third-order valence-electron chi connectivity index (χ3n) is 5.33. The molecule has 0 unspecified atom stereocenters. The maximum Gasteiger partial charge on any atom is 0.231 e. The zero-order valence-corrected chi connectivity index (χ0v) is 20.0. The number of phenolic OH excluding ortho intramolecular Hbond substituents is 1. The monoisotopic (exact) mass is 518 g/mol. The first kappa shape index (κ1) is 26.3. The Morgan fingerprint density at radius 2 is 1.91 bits per heavy atom. The van der Waals surface area contributed by atoms with E-state index < -0.39 is 0 Å². The largest absolute Gasteiger partial charge is 0.507 e. The fourth-order valence-corrected chi connectivity index (χ4v) is 3.95. The second-order valence-corrected chi connectivity index (χ2v) is 7.57. The second kappa shape index (κ2) is 10.7. The van der Waals surface area contributed by atoms with Crippen LogP contribution in [0.4, 0.5) is 0 Å². The first-order valence-electron chi connectivity index (χ1n) is 9.46. The van der Waals surface area contributed by atoms with E-state index >= 15 is 0 Å². The van der Waals surface area contributed by atoms with Crippen LogP contribution in [-0.2, 0) is 6.54 Å². The first-order chi connectivity index (χ1) is 14.1. The molecule has 2 aliphatic rings. The number of hydrogen-bond donors (Lipinski definition) is 3. The molecular formula is C21H22Cl4N4O3. The number of hydrogen-bond acceptors (Lipinski definition) is 6. The Bertz CT molecular complexity index is 1160. The van der Waals surface area contributed by atoms with Crippen LogP contribution >= 0.6 is 48.8 Å². The van der Waals surface area contributed by atoms with Crippen molar-refractivity contribution in [3.63, 3.8) is 0 Å². The van der Waals surface area contributed by atoms with Crippen molar-refractivity contribution in [2.24, 2.45) is 0 Å². The molecule has 11 heteroatoms. The lowest BCUT2D eigenvalue weighted by atomic mass is 10.0. The SMILES string of the molecule is Cl.Cl.Cl.O=C1/C(=C/c2c[nH]c3nc(Cl)ccc23)Oc2c1ccc(O)c2CN1CCNCC1. The number of aromatic hydroxyl groups is 1. The Morgan fingerprint density at radius 1 is 1.16 bits per heavy atom. The Hall–Kier alpha value is -2.00. The van der Waals surface area contributed by atoms with E-state index in [0.29, 0.717) is 34.2 Å². The summed E-state index contributed by atoms with van der Waals surface area (Å²) in [6.45, 7) is 4.10. The van der Waals surface area contributed by atoms with E-state index in [-0.39, 0.29) is 54.5 Å². The van der Waals surface area contributed by atoms with E-state index in [1.165, 1.54) is 0 Å². The molecule has 172 valence electrons. The van der Waals surface area contributed by atoms with Gasteiger partial charge in [0.05, 0.1) is 11.1 Å². The standard InChI is InChI=1S/C21H19ClN4O3.3ClH/c22-18-4-2-13-12(10-24-21(13)25-18)9-17-19(28)14-1-3-16(27)15(20(14)29-17)11-26-7-5-23-6-8-26;;;/h1-4,9-10,23,27H,5-8,11H2,(H,24,25);3*1H/b17-9-;;;. The average Bonchev–Trinajstić information content (AvgIpc) is 3.26. The zero-order valence-electron chi connectivity index (χ0n) is 16.8. The summed E-state index contributed by atoms with van der Waals surface area (Å²) in [5.74, 6) is 0.615. The smallest absolute Gasteiger partial charge is 0.231 e. The summed E-state index contributed by atoms with van der Waals surface area (Å²) in [6.07, 6.45) is 3.46. The molecule has 0 saturated carbocycles. The van der Waals surface area contributed by atoms with E-state index in [2.05, 4.69) is 20.2 Å². The summed E-state index contributed by atoms with van der Waals surface area (Å²) in [7, 11) is 0. The van der Waals surface area contributed by atoms with Crippen molar-refractivity contribution in [2.45, 2.75) is 6.54 Å². The van der Waals surface area contributed by atoms with Gasteiger partial charge >= 0.3 is 0 Å². The maximum absolute atomic E-state index is 12.9. The van der Waals surface area contributed by atoms with Crippen LogP contribution in [0.1, 0.15) is 21.5 Å². The number of nitrogens with one attached hydrogen (secondary N) is 2. The van der Waals surface area contributed by atoms with Gasteiger partial charge in [0, 0.05) is 49.9 Å². The second-order valence-electron chi connectivity index (χ2n) is 7.18. The van der Waals surface area contributed by atoms with Gasteiger partial charge in [0.15, 0.2) is 5.76 Å². The number of ketones is 1. The minimum atomic E-state index is -0.196. The van der Waals surface area contributed by atoms with E-state index in [1.54, 1.807) is 30.5 Å². The Balaban J connectivity index is 0.00000121. The molecule has 2 aromatic heterocycles. The molecule has 1 saturated heterocycles. The molecular weight excluding hydrogens is 498 g/mol. The van der Waals surface area contributed by atoms with Crippen LogP contribution in [0.2, 0.25) is 5.15 Å². The molecule has 0 spiro atoms. The molecule has 1 aromatic carbocycles. The van der Waals surface area contributed by atoms with Gasteiger partial charge in [-0.25, -0.2) is 4.98 Å². The van der Waals surface area contributed by atoms with Gasteiger partial charge in [-0.05, 0) is 30.3 Å². The number of allylic oxidation sites excluding steroid dienone is 1. The minimum absolute atomic E-state index is 0. The molecule has 4 heterocycles. The molecule has 1 fully saturated rings. The summed E-state index contributed by atoms with van der Waals surface area (Å²) in [5, 5.41) is 15.0. The molecule has 2 aliphatic heterocycles. The van der Waals surface area contributed by atoms with E-state index in [9.17, 15) is 9.90 Å². The molecule has 3 aromatic rings. The van der Waals surface area contributed by atoms with E-state index in [4.69, 9.17) is 16.3 Å². The molecule has 0 bridgehead atoms. The van der Waals surface area contributed by atoms with Crippen molar-refractivity contribution >= 4 is 71.7 Å².